The number of carboxylic acids is 2. The zero-order chi connectivity index (χ0) is 20.8. The Morgan fingerprint density at radius 3 is 2.25 bits per heavy atom. The van der Waals surface area contributed by atoms with Crippen LogP contribution in [0.3, 0.4) is 0 Å². The van der Waals surface area contributed by atoms with Crippen LogP contribution in [0.4, 0.5) is 0 Å². The topological polar surface area (TPSA) is 94.9 Å². The van der Waals surface area contributed by atoms with Crippen LogP contribution in [-0.4, -0.2) is 51.9 Å². The summed E-state index contributed by atoms with van der Waals surface area (Å²) in [5, 5.41) is 15.5. The predicted octanol–water partition coefficient (Wildman–Crippen LogP) is 3.36. The number of halogens is 1. The number of hydrogen-bond acceptors (Lipinski definition) is 4. The summed E-state index contributed by atoms with van der Waals surface area (Å²) in [5.41, 5.74) is 3.17. The Hall–Kier alpha value is -2.48. The fraction of sp³-hybridized carbons (Fsp3) is 0.200. The molecule has 2 aromatic rings. The summed E-state index contributed by atoms with van der Waals surface area (Å²) in [7, 11) is 2.98. The largest absolute Gasteiger partial charge is 0.473 e. The third-order valence-corrected chi connectivity index (χ3v) is 5.66. The standard InChI is InChI=1S/C18H18ClNOS.C2H2O4/c1-20(2)11-5-7-14-15-6-3-4-8-17(15)22(21)18-10-9-13(19)12-16(14)18;3-1(4)2(5)6/h3-4,6-10,12H,5,11H2,1-2H3;(H,3,4)(H,5,6)/b14-7-;. The minimum Gasteiger partial charge on any atom is -0.473 e. The summed E-state index contributed by atoms with van der Waals surface area (Å²) in [4.78, 5) is 22.1. The van der Waals surface area contributed by atoms with E-state index in [0.717, 1.165) is 39.5 Å². The fourth-order valence-electron chi connectivity index (χ4n) is 2.68. The summed E-state index contributed by atoms with van der Waals surface area (Å²) >= 11 is 6.17. The molecule has 0 amide bonds. The molecule has 0 bridgehead atoms. The molecule has 0 saturated heterocycles. The molecule has 0 saturated carbocycles. The van der Waals surface area contributed by atoms with Gasteiger partial charge in [0.05, 0.1) is 20.6 Å². The van der Waals surface area contributed by atoms with Crippen LogP contribution in [0.1, 0.15) is 17.5 Å². The minimum atomic E-state index is -1.82. The SMILES string of the molecule is CN(C)CC/C=C1/c2ccccc2S(=O)c2ccc(Cl)cc21.O=C(O)C(=O)O. The number of benzene rings is 2. The van der Waals surface area contributed by atoms with Gasteiger partial charge in [-0.2, -0.15) is 0 Å². The van der Waals surface area contributed by atoms with Crippen LogP contribution in [0, 0.1) is 0 Å². The molecule has 1 aliphatic rings. The van der Waals surface area contributed by atoms with Gasteiger partial charge in [-0.3, -0.25) is 0 Å². The van der Waals surface area contributed by atoms with Crippen molar-refractivity contribution in [2.24, 2.45) is 0 Å². The Labute approximate surface area is 170 Å². The Morgan fingerprint density at radius 2 is 1.64 bits per heavy atom. The number of carboxylic acid groups (broad SMARTS) is 2. The highest BCUT2D eigenvalue weighted by Gasteiger charge is 2.25. The molecule has 28 heavy (non-hydrogen) atoms. The molecule has 3 rings (SSSR count). The van der Waals surface area contributed by atoms with Crippen molar-refractivity contribution in [3.05, 3.63) is 64.7 Å². The van der Waals surface area contributed by atoms with Crippen LogP contribution in [-0.2, 0) is 20.4 Å². The molecule has 1 unspecified atom stereocenters. The number of carbonyl (C=O) groups is 2. The highest BCUT2D eigenvalue weighted by Crippen LogP contribution is 2.40. The Kier molecular flexibility index (Phi) is 7.51. The van der Waals surface area contributed by atoms with E-state index in [1.54, 1.807) is 0 Å². The summed E-state index contributed by atoms with van der Waals surface area (Å²) in [6.07, 6.45) is 3.17. The molecule has 0 fully saturated rings. The van der Waals surface area contributed by atoms with Gasteiger partial charge in [-0.15, -0.1) is 0 Å². The van der Waals surface area contributed by atoms with Crippen molar-refractivity contribution in [3.8, 4) is 0 Å². The first-order valence-electron chi connectivity index (χ1n) is 8.34. The molecule has 1 atom stereocenters. The van der Waals surface area contributed by atoms with E-state index in [0.29, 0.717) is 5.02 Å². The number of fused-ring (bicyclic) bond motifs is 2. The van der Waals surface area contributed by atoms with Crippen LogP contribution in [0.5, 0.6) is 0 Å². The van der Waals surface area contributed by atoms with Gasteiger partial charge in [0, 0.05) is 11.6 Å². The lowest BCUT2D eigenvalue weighted by atomic mass is 9.96. The van der Waals surface area contributed by atoms with Crippen molar-refractivity contribution in [2.75, 3.05) is 20.6 Å². The van der Waals surface area contributed by atoms with Crippen LogP contribution >= 0.6 is 11.6 Å². The van der Waals surface area contributed by atoms with Gasteiger partial charge in [0.25, 0.3) is 0 Å². The van der Waals surface area contributed by atoms with E-state index in [2.05, 4.69) is 25.1 Å². The van der Waals surface area contributed by atoms with Crippen molar-refractivity contribution in [1.82, 2.24) is 4.90 Å². The second-order valence-corrected chi connectivity index (χ2v) is 8.08. The zero-order valence-electron chi connectivity index (χ0n) is 15.4. The van der Waals surface area contributed by atoms with Crippen LogP contribution in [0.15, 0.2) is 58.3 Å². The van der Waals surface area contributed by atoms with Crippen LogP contribution in [0.2, 0.25) is 5.02 Å². The maximum Gasteiger partial charge on any atom is 0.414 e. The van der Waals surface area contributed by atoms with Gasteiger partial charge >= 0.3 is 11.9 Å². The van der Waals surface area contributed by atoms with Crippen molar-refractivity contribution >= 4 is 39.9 Å². The molecule has 0 spiro atoms. The lowest BCUT2D eigenvalue weighted by Gasteiger charge is -2.22. The number of aliphatic carboxylic acids is 2. The molecule has 0 radical (unpaired) electrons. The molecular weight excluding hydrogens is 402 g/mol. The number of hydrogen-bond donors (Lipinski definition) is 2. The van der Waals surface area contributed by atoms with E-state index < -0.39 is 22.7 Å². The van der Waals surface area contributed by atoms with E-state index in [1.165, 1.54) is 0 Å². The number of rotatable bonds is 3. The van der Waals surface area contributed by atoms with Crippen LogP contribution in [0.25, 0.3) is 5.57 Å². The maximum absolute atomic E-state index is 12.8. The van der Waals surface area contributed by atoms with E-state index >= 15 is 0 Å². The second-order valence-electron chi connectivity index (χ2n) is 6.23. The average Bonchev–Trinajstić information content (AvgIpc) is 2.64. The molecule has 1 heterocycles. The van der Waals surface area contributed by atoms with Crippen LogP contribution < -0.4 is 0 Å². The zero-order valence-corrected chi connectivity index (χ0v) is 17.0. The summed E-state index contributed by atoms with van der Waals surface area (Å²) in [6.45, 7) is 0.977. The first-order chi connectivity index (χ1) is 13.2. The van der Waals surface area contributed by atoms with Gasteiger partial charge in [-0.25, -0.2) is 13.8 Å². The molecular formula is C20H20ClNO5S. The molecule has 1 aliphatic heterocycles. The maximum atomic E-state index is 12.8. The van der Waals surface area contributed by atoms with E-state index in [4.69, 9.17) is 31.4 Å². The summed E-state index contributed by atoms with van der Waals surface area (Å²) in [5.74, 6) is -3.65. The average molecular weight is 422 g/mol. The smallest absolute Gasteiger partial charge is 0.414 e. The van der Waals surface area contributed by atoms with Gasteiger partial charge in [-0.1, -0.05) is 35.9 Å². The van der Waals surface area contributed by atoms with Crippen molar-refractivity contribution in [1.29, 1.82) is 0 Å². The Morgan fingerprint density at radius 1 is 1.04 bits per heavy atom. The third-order valence-electron chi connectivity index (χ3n) is 3.92. The molecule has 2 aromatic carbocycles. The third kappa shape index (κ3) is 5.28. The van der Waals surface area contributed by atoms with E-state index in [1.807, 2.05) is 42.5 Å². The van der Waals surface area contributed by atoms with Gasteiger partial charge < -0.3 is 15.1 Å². The van der Waals surface area contributed by atoms with Gasteiger partial charge in [0.2, 0.25) is 0 Å². The second kappa shape index (κ2) is 9.64. The molecule has 8 heteroatoms. The minimum absolute atomic E-state index is 0.675. The van der Waals surface area contributed by atoms with E-state index in [-0.39, 0.29) is 0 Å². The first kappa shape index (κ1) is 21.8. The van der Waals surface area contributed by atoms with E-state index in [9.17, 15) is 4.21 Å². The van der Waals surface area contributed by atoms with Crippen molar-refractivity contribution in [3.63, 3.8) is 0 Å². The van der Waals surface area contributed by atoms with Crippen molar-refractivity contribution < 1.29 is 24.0 Å². The fourth-order valence-corrected chi connectivity index (χ4v) is 4.22. The molecule has 0 aromatic heterocycles. The highest BCUT2D eigenvalue weighted by atomic mass is 35.5. The van der Waals surface area contributed by atoms with Gasteiger partial charge in [-0.05, 0) is 61.5 Å². The summed E-state index contributed by atoms with van der Waals surface area (Å²) in [6, 6.07) is 13.5. The molecule has 2 N–H and O–H groups in total. The number of nitrogens with zero attached hydrogens (tertiary/aromatic N) is 1. The normalized spacial score (nSPS) is 16.0. The molecule has 148 valence electrons. The Bertz CT molecular complexity index is 943. The summed E-state index contributed by atoms with van der Waals surface area (Å²) < 4.78 is 12.8. The molecule has 0 aliphatic carbocycles. The lowest BCUT2D eigenvalue weighted by molar-refractivity contribution is -0.159. The highest BCUT2D eigenvalue weighted by molar-refractivity contribution is 7.85. The lowest BCUT2D eigenvalue weighted by Crippen LogP contribution is -2.13. The quantitative estimate of drug-likeness (QED) is 0.629. The monoisotopic (exact) mass is 421 g/mol. The predicted molar refractivity (Wildman–Crippen MR) is 108 cm³/mol. The molecule has 6 nitrogen and oxygen atoms in total. The van der Waals surface area contributed by atoms with Gasteiger partial charge in [0.1, 0.15) is 0 Å². The first-order valence-corrected chi connectivity index (χ1v) is 9.87. The van der Waals surface area contributed by atoms with Crippen molar-refractivity contribution in [2.45, 2.75) is 16.2 Å². The van der Waals surface area contributed by atoms with Gasteiger partial charge in [0.15, 0.2) is 0 Å². The Balaban J connectivity index is 0.000000409.